The van der Waals surface area contributed by atoms with Gasteiger partial charge in [0.25, 0.3) is 5.69 Å². The molecule has 9 nitrogen and oxygen atoms in total. The summed E-state index contributed by atoms with van der Waals surface area (Å²) in [5, 5.41) is 25.3. The number of nitrogens with one attached hydrogen (secondary N) is 3. The van der Waals surface area contributed by atoms with Crippen molar-refractivity contribution in [1.29, 1.82) is 5.41 Å². The Kier molecular flexibility index (Phi) is 9.60. The van der Waals surface area contributed by atoms with Crippen LogP contribution in [0.2, 0.25) is 0 Å². The summed E-state index contributed by atoms with van der Waals surface area (Å²) in [5.41, 5.74) is 8.62. The van der Waals surface area contributed by atoms with Gasteiger partial charge in [0.15, 0.2) is 0 Å². The zero-order valence-corrected chi connectivity index (χ0v) is 20.3. The summed E-state index contributed by atoms with van der Waals surface area (Å²) in [6.45, 7) is 0.419. The predicted octanol–water partition coefficient (Wildman–Crippen LogP) is 3.88. The molecule has 0 aliphatic rings. The quantitative estimate of drug-likeness (QED) is 0.145. The number of nitrogen functional groups attached to an aromatic ring is 1. The monoisotopic (exact) mass is 496 g/mol. The molecule has 10 heteroatoms. The molecule has 3 rings (SSSR count). The van der Waals surface area contributed by atoms with E-state index in [1.54, 1.807) is 55.4 Å². The summed E-state index contributed by atoms with van der Waals surface area (Å²) in [6.07, 6.45) is 0.659. The Hall–Kier alpha value is -4.11. The van der Waals surface area contributed by atoms with Gasteiger partial charge in [0.1, 0.15) is 17.6 Å². The highest BCUT2D eigenvalue weighted by Crippen LogP contribution is 2.31. The Morgan fingerprint density at radius 2 is 1.74 bits per heavy atom. The van der Waals surface area contributed by atoms with Gasteiger partial charge < -0.3 is 21.3 Å². The molecule has 0 aliphatic heterocycles. The third kappa shape index (κ3) is 7.18. The maximum absolute atomic E-state index is 13.2. The highest BCUT2D eigenvalue weighted by Gasteiger charge is 2.25. The molecular weight excluding hydrogens is 468 g/mol. The SMILES string of the molecule is CN(C)c1ccc(C(Nc2ccc(C(=N)N)cc2)C(=O)NCCc2ccccc2)cc1[N+](=O)[O-].Cl. The van der Waals surface area contributed by atoms with Crippen molar-refractivity contribution in [3.8, 4) is 0 Å². The number of amides is 1. The maximum Gasteiger partial charge on any atom is 0.292 e. The highest BCUT2D eigenvalue weighted by atomic mass is 35.5. The van der Waals surface area contributed by atoms with Crippen molar-refractivity contribution >= 4 is 41.2 Å². The van der Waals surface area contributed by atoms with Gasteiger partial charge in [-0.1, -0.05) is 36.4 Å². The average molecular weight is 497 g/mol. The molecule has 3 aromatic rings. The van der Waals surface area contributed by atoms with Gasteiger partial charge in [-0.05, 0) is 47.9 Å². The minimum absolute atomic E-state index is 0. The van der Waals surface area contributed by atoms with Crippen LogP contribution in [0.15, 0.2) is 72.8 Å². The maximum atomic E-state index is 13.2. The molecule has 5 N–H and O–H groups in total. The lowest BCUT2D eigenvalue weighted by molar-refractivity contribution is -0.384. The van der Waals surface area contributed by atoms with Crippen LogP contribution in [0.3, 0.4) is 0 Å². The summed E-state index contributed by atoms with van der Waals surface area (Å²) < 4.78 is 0. The minimum atomic E-state index is -0.867. The molecule has 0 saturated heterocycles. The first kappa shape index (κ1) is 27.1. The van der Waals surface area contributed by atoms with E-state index in [2.05, 4.69) is 10.6 Å². The third-order valence-electron chi connectivity index (χ3n) is 5.34. The van der Waals surface area contributed by atoms with Crippen LogP contribution < -0.4 is 21.3 Å². The number of carbonyl (C=O) groups excluding carboxylic acids is 1. The molecule has 1 amide bonds. The molecule has 0 radical (unpaired) electrons. The molecule has 0 aromatic heterocycles. The first-order valence-corrected chi connectivity index (χ1v) is 10.7. The average Bonchev–Trinajstić information content (AvgIpc) is 2.83. The summed E-state index contributed by atoms with van der Waals surface area (Å²) in [4.78, 5) is 26.1. The van der Waals surface area contributed by atoms with Crippen molar-refractivity contribution < 1.29 is 9.72 Å². The number of hydrogen-bond acceptors (Lipinski definition) is 6. The van der Waals surface area contributed by atoms with E-state index in [4.69, 9.17) is 11.1 Å². The van der Waals surface area contributed by atoms with Gasteiger partial charge in [0.2, 0.25) is 5.91 Å². The Bertz CT molecular complexity index is 1170. The number of hydrogen-bond donors (Lipinski definition) is 4. The molecule has 3 aromatic carbocycles. The summed E-state index contributed by atoms with van der Waals surface area (Å²) >= 11 is 0. The van der Waals surface area contributed by atoms with E-state index in [0.717, 1.165) is 5.56 Å². The molecule has 1 unspecified atom stereocenters. The lowest BCUT2D eigenvalue weighted by atomic mass is 10.0. The number of benzene rings is 3. The topological polar surface area (TPSA) is 137 Å². The van der Waals surface area contributed by atoms with Crippen LogP contribution in [0.1, 0.15) is 22.7 Å². The van der Waals surface area contributed by atoms with Gasteiger partial charge >= 0.3 is 0 Å². The van der Waals surface area contributed by atoms with Crippen LogP contribution in [0, 0.1) is 15.5 Å². The molecule has 0 spiro atoms. The zero-order chi connectivity index (χ0) is 24.7. The smallest absolute Gasteiger partial charge is 0.292 e. The first-order valence-electron chi connectivity index (χ1n) is 10.7. The third-order valence-corrected chi connectivity index (χ3v) is 5.34. The van der Waals surface area contributed by atoms with E-state index in [1.165, 1.54) is 6.07 Å². The van der Waals surface area contributed by atoms with Crippen molar-refractivity contribution in [3.63, 3.8) is 0 Å². The van der Waals surface area contributed by atoms with Crippen molar-refractivity contribution in [2.24, 2.45) is 5.73 Å². The largest absolute Gasteiger partial charge is 0.384 e. The normalized spacial score (nSPS) is 11.0. The number of carbonyl (C=O) groups is 1. The van der Waals surface area contributed by atoms with Crippen LogP contribution in [0.25, 0.3) is 0 Å². The molecule has 0 heterocycles. The molecule has 1 atom stereocenters. The number of amidine groups is 1. The first-order chi connectivity index (χ1) is 16.3. The standard InChI is InChI=1S/C25H28N6O3.ClH/c1-30(2)21-13-10-19(16-22(21)31(33)34)23(29-20-11-8-18(9-12-20)24(26)27)25(32)28-15-14-17-6-4-3-5-7-17;/h3-13,16,23,29H,14-15H2,1-2H3,(H3,26,27)(H,28,32);1H. The van der Waals surface area contributed by atoms with Gasteiger partial charge in [0.05, 0.1) is 4.92 Å². The minimum Gasteiger partial charge on any atom is -0.384 e. The van der Waals surface area contributed by atoms with Crippen LogP contribution in [-0.4, -0.2) is 37.3 Å². The Morgan fingerprint density at radius 3 is 2.31 bits per heavy atom. The highest BCUT2D eigenvalue weighted by molar-refractivity contribution is 5.95. The van der Waals surface area contributed by atoms with Gasteiger partial charge in [-0.25, -0.2) is 0 Å². The van der Waals surface area contributed by atoms with Gasteiger partial charge in [0, 0.05) is 38.0 Å². The van der Waals surface area contributed by atoms with Crippen LogP contribution in [0.5, 0.6) is 0 Å². The second kappa shape index (κ2) is 12.4. The van der Waals surface area contributed by atoms with Crippen molar-refractivity contribution in [2.45, 2.75) is 12.5 Å². The molecular formula is C25H29ClN6O3. The Balaban J connectivity index is 0.00000432. The Labute approximate surface area is 210 Å². The van der Waals surface area contributed by atoms with E-state index >= 15 is 0 Å². The van der Waals surface area contributed by atoms with Crippen molar-refractivity contribution in [1.82, 2.24) is 5.32 Å². The Morgan fingerprint density at radius 1 is 1.09 bits per heavy atom. The van der Waals surface area contributed by atoms with Gasteiger partial charge in [-0.15, -0.1) is 12.4 Å². The van der Waals surface area contributed by atoms with Crippen LogP contribution in [-0.2, 0) is 11.2 Å². The second-order valence-corrected chi connectivity index (χ2v) is 7.99. The van der Waals surface area contributed by atoms with E-state index < -0.39 is 11.0 Å². The van der Waals surface area contributed by atoms with E-state index in [9.17, 15) is 14.9 Å². The molecule has 0 saturated carbocycles. The predicted molar refractivity (Wildman–Crippen MR) is 142 cm³/mol. The van der Waals surface area contributed by atoms with E-state index in [1.807, 2.05) is 30.3 Å². The van der Waals surface area contributed by atoms with E-state index in [0.29, 0.717) is 35.5 Å². The fourth-order valence-electron chi connectivity index (χ4n) is 3.53. The molecule has 0 aliphatic carbocycles. The molecule has 184 valence electrons. The lowest BCUT2D eigenvalue weighted by Crippen LogP contribution is -2.34. The fourth-order valence-corrected chi connectivity index (χ4v) is 3.53. The van der Waals surface area contributed by atoms with Gasteiger partial charge in [-0.3, -0.25) is 20.3 Å². The number of nitrogens with two attached hydrogens (primary N) is 1. The second-order valence-electron chi connectivity index (χ2n) is 7.99. The van der Waals surface area contributed by atoms with Crippen LogP contribution >= 0.6 is 12.4 Å². The van der Waals surface area contributed by atoms with Crippen LogP contribution in [0.4, 0.5) is 17.1 Å². The summed E-state index contributed by atoms with van der Waals surface area (Å²) in [7, 11) is 3.45. The summed E-state index contributed by atoms with van der Waals surface area (Å²) in [5.74, 6) is -0.366. The number of rotatable bonds is 10. The number of nitro groups is 1. The molecule has 35 heavy (non-hydrogen) atoms. The molecule has 0 bridgehead atoms. The van der Waals surface area contributed by atoms with Gasteiger partial charge in [-0.2, -0.15) is 0 Å². The zero-order valence-electron chi connectivity index (χ0n) is 19.5. The number of anilines is 2. The fraction of sp³-hybridized carbons (Fsp3) is 0.200. The van der Waals surface area contributed by atoms with Crippen molar-refractivity contribution in [3.05, 3.63) is 99.6 Å². The number of nitrogens with zero attached hydrogens (tertiary/aromatic N) is 2. The number of nitro benzene ring substituents is 1. The lowest BCUT2D eigenvalue weighted by Gasteiger charge is -2.21. The van der Waals surface area contributed by atoms with E-state index in [-0.39, 0.29) is 29.8 Å². The molecule has 0 fully saturated rings. The number of halogens is 1. The summed E-state index contributed by atoms with van der Waals surface area (Å²) in [6, 6.07) is 20.5. The van der Waals surface area contributed by atoms with Crippen molar-refractivity contribution in [2.75, 3.05) is 30.9 Å².